The van der Waals surface area contributed by atoms with Crippen molar-refractivity contribution in [2.75, 3.05) is 6.61 Å². The monoisotopic (exact) mass is 214 g/mol. The Morgan fingerprint density at radius 1 is 1.47 bits per heavy atom. The van der Waals surface area contributed by atoms with E-state index in [-0.39, 0.29) is 18.0 Å². The van der Waals surface area contributed by atoms with Gasteiger partial charge >= 0.3 is 5.97 Å². The number of carbonyl (C=O) groups is 1. The molecule has 0 saturated heterocycles. The molecule has 0 saturated carbocycles. The smallest absolute Gasteiger partial charge is 0.333 e. The van der Waals surface area contributed by atoms with Gasteiger partial charge in [-0.1, -0.05) is 19.9 Å². The lowest BCUT2D eigenvalue weighted by Gasteiger charge is -2.12. The molecule has 0 aromatic carbocycles. The molecule has 0 unspecified atom stereocenters. The highest BCUT2D eigenvalue weighted by molar-refractivity contribution is 5.87. The third kappa shape index (κ3) is 6.28. The molecular formula is C12H22O3. The Kier molecular flexibility index (Phi) is 7.05. The van der Waals surface area contributed by atoms with Gasteiger partial charge in [0, 0.05) is 5.57 Å². The van der Waals surface area contributed by atoms with Crippen LogP contribution < -0.4 is 0 Å². The van der Waals surface area contributed by atoms with Crippen molar-refractivity contribution in [3.8, 4) is 0 Å². The maximum Gasteiger partial charge on any atom is 0.333 e. The van der Waals surface area contributed by atoms with Crippen molar-refractivity contribution in [1.29, 1.82) is 0 Å². The number of allylic oxidation sites excluding steroid dienone is 1. The number of hydrogen-bond acceptors (Lipinski definition) is 3. The minimum atomic E-state index is -0.286. The van der Waals surface area contributed by atoms with Crippen LogP contribution in [0.4, 0.5) is 0 Å². The molecule has 1 N–H and O–H groups in total. The fourth-order valence-corrected chi connectivity index (χ4v) is 1.40. The standard InChI is InChI=1S/C12H22O3/c1-5-11(13)8-9(3)7-10(4)12(14)15-6-2/h7,9,11,13H,5-6,8H2,1-4H3/b10-7+/t9-,11-/m1/s1. The summed E-state index contributed by atoms with van der Waals surface area (Å²) in [5, 5.41) is 9.44. The maximum atomic E-state index is 11.3. The van der Waals surface area contributed by atoms with Crippen molar-refractivity contribution in [3.63, 3.8) is 0 Å². The molecule has 0 aromatic rings. The largest absolute Gasteiger partial charge is 0.463 e. The van der Waals surface area contributed by atoms with Crippen LogP contribution in [0.25, 0.3) is 0 Å². The molecule has 2 atom stereocenters. The Morgan fingerprint density at radius 3 is 2.53 bits per heavy atom. The van der Waals surface area contributed by atoms with E-state index in [0.717, 1.165) is 6.42 Å². The second-order valence-corrected chi connectivity index (χ2v) is 3.85. The summed E-state index contributed by atoms with van der Waals surface area (Å²) in [6, 6.07) is 0. The predicted molar refractivity (Wildman–Crippen MR) is 60.5 cm³/mol. The van der Waals surface area contributed by atoms with Gasteiger partial charge in [0.25, 0.3) is 0 Å². The van der Waals surface area contributed by atoms with Gasteiger partial charge in [-0.3, -0.25) is 0 Å². The summed E-state index contributed by atoms with van der Waals surface area (Å²) in [7, 11) is 0. The molecule has 3 heteroatoms. The lowest BCUT2D eigenvalue weighted by molar-refractivity contribution is -0.138. The Labute approximate surface area is 92.1 Å². The molecule has 0 aliphatic rings. The van der Waals surface area contributed by atoms with Crippen molar-refractivity contribution >= 4 is 5.97 Å². The molecule has 0 aliphatic heterocycles. The zero-order chi connectivity index (χ0) is 11.8. The number of esters is 1. The van der Waals surface area contributed by atoms with Crippen LogP contribution in [0.15, 0.2) is 11.6 Å². The zero-order valence-corrected chi connectivity index (χ0v) is 10.1. The van der Waals surface area contributed by atoms with Crippen LogP contribution in [0.5, 0.6) is 0 Å². The van der Waals surface area contributed by atoms with Crippen LogP contribution in [-0.4, -0.2) is 23.8 Å². The Balaban J connectivity index is 4.16. The van der Waals surface area contributed by atoms with Gasteiger partial charge in [0.05, 0.1) is 12.7 Å². The topological polar surface area (TPSA) is 46.5 Å². The molecule has 0 amide bonds. The molecule has 0 heterocycles. The lowest BCUT2D eigenvalue weighted by atomic mass is 10.00. The van der Waals surface area contributed by atoms with Gasteiger partial charge in [-0.2, -0.15) is 0 Å². The highest BCUT2D eigenvalue weighted by Gasteiger charge is 2.10. The fraction of sp³-hybridized carbons (Fsp3) is 0.750. The number of ether oxygens (including phenoxy) is 1. The van der Waals surface area contributed by atoms with Crippen molar-refractivity contribution < 1.29 is 14.6 Å². The number of carbonyl (C=O) groups excluding carboxylic acids is 1. The molecule has 0 bridgehead atoms. The highest BCUT2D eigenvalue weighted by Crippen LogP contribution is 2.12. The first-order chi connectivity index (χ1) is 7.01. The minimum Gasteiger partial charge on any atom is -0.463 e. The number of rotatable bonds is 6. The fourth-order valence-electron chi connectivity index (χ4n) is 1.40. The Hall–Kier alpha value is -0.830. The molecule has 0 fully saturated rings. The van der Waals surface area contributed by atoms with Crippen LogP contribution in [0.2, 0.25) is 0 Å². The summed E-state index contributed by atoms with van der Waals surface area (Å²) in [5.74, 6) is -0.0697. The van der Waals surface area contributed by atoms with Crippen LogP contribution in [0.1, 0.15) is 40.5 Å². The van der Waals surface area contributed by atoms with Gasteiger partial charge in [0.1, 0.15) is 0 Å². The molecule has 3 nitrogen and oxygen atoms in total. The van der Waals surface area contributed by atoms with Crippen LogP contribution in [-0.2, 0) is 9.53 Å². The van der Waals surface area contributed by atoms with Gasteiger partial charge in [0.2, 0.25) is 0 Å². The van der Waals surface area contributed by atoms with Crippen molar-refractivity contribution in [2.45, 2.75) is 46.6 Å². The quantitative estimate of drug-likeness (QED) is 0.545. The van der Waals surface area contributed by atoms with E-state index in [0.29, 0.717) is 18.6 Å². The third-order valence-electron chi connectivity index (χ3n) is 2.25. The van der Waals surface area contributed by atoms with Gasteiger partial charge in [-0.15, -0.1) is 0 Å². The minimum absolute atomic E-state index is 0.198. The first kappa shape index (κ1) is 14.2. The van der Waals surface area contributed by atoms with Crippen LogP contribution in [0.3, 0.4) is 0 Å². The van der Waals surface area contributed by atoms with Gasteiger partial charge in [0.15, 0.2) is 0 Å². The first-order valence-electron chi connectivity index (χ1n) is 5.54. The van der Waals surface area contributed by atoms with Gasteiger partial charge in [-0.25, -0.2) is 4.79 Å². The molecule has 15 heavy (non-hydrogen) atoms. The normalized spacial score (nSPS) is 15.9. The molecule has 0 aromatic heterocycles. The number of hydrogen-bond donors (Lipinski definition) is 1. The number of aliphatic hydroxyl groups is 1. The van der Waals surface area contributed by atoms with E-state index in [1.165, 1.54) is 0 Å². The molecule has 0 aliphatic carbocycles. The summed E-state index contributed by atoms with van der Waals surface area (Å²) in [5.41, 5.74) is 0.618. The second kappa shape index (κ2) is 7.46. The van der Waals surface area contributed by atoms with E-state index >= 15 is 0 Å². The SMILES string of the molecule is CCOC(=O)/C(C)=C/[C@@H](C)C[C@H](O)CC. The molecule has 0 spiro atoms. The summed E-state index contributed by atoms with van der Waals surface area (Å²) in [6.07, 6.45) is 3.01. The Bertz CT molecular complexity index is 221. The van der Waals surface area contributed by atoms with Gasteiger partial charge in [-0.05, 0) is 32.6 Å². The average Bonchev–Trinajstić information content (AvgIpc) is 2.17. The summed E-state index contributed by atoms with van der Waals surface area (Å²) in [4.78, 5) is 11.3. The van der Waals surface area contributed by atoms with Gasteiger partial charge < -0.3 is 9.84 Å². The van der Waals surface area contributed by atoms with E-state index in [4.69, 9.17) is 4.74 Å². The van der Waals surface area contributed by atoms with Crippen molar-refractivity contribution in [3.05, 3.63) is 11.6 Å². The number of aliphatic hydroxyl groups excluding tert-OH is 1. The molecular weight excluding hydrogens is 192 g/mol. The van der Waals surface area contributed by atoms with Crippen LogP contribution >= 0.6 is 0 Å². The third-order valence-corrected chi connectivity index (χ3v) is 2.25. The highest BCUT2D eigenvalue weighted by atomic mass is 16.5. The van der Waals surface area contributed by atoms with Crippen molar-refractivity contribution in [1.82, 2.24) is 0 Å². The first-order valence-corrected chi connectivity index (χ1v) is 5.54. The van der Waals surface area contributed by atoms with E-state index in [9.17, 15) is 9.90 Å². The Morgan fingerprint density at radius 2 is 2.07 bits per heavy atom. The van der Waals surface area contributed by atoms with E-state index in [1.807, 2.05) is 19.9 Å². The molecule has 88 valence electrons. The predicted octanol–water partition coefficient (Wildman–Crippen LogP) is 2.29. The van der Waals surface area contributed by atoms with Crippen LogP contribution in [0, 0.1) is 5.92 Å². The average molecular weight is 214 g/mol. The zero-order valence-electron chi connectivity index (χ0n) is 10.1. The van der Waals surface area contributed by atoms with E-state index in [2.05, 4.69) is 0 Å². The molecule has 0 rings (SSSR count). The molecule has 0 radical (unpaired) electrons. The lowest BCUT2D eigenvalue weighted by Crippen LogP contribution is -2.11. The summed E-state index contributed by atoms with van der Waals surface area (Å²) >= 11 is 0. The second-order valence-electron chi connectivity index (χ2n) is 3.85. The van der Waals surface area contributed by atoms with E-state index in [1.54, 1.807) is 13.8 Å². The summed E-state index contributed by atoms with van der Waals surface area (Å²) in [6.45, 7) is 7.86. The maximum absolute atomic E-state index is 11.3. The van der Waals surface area contributed by atoms with E-state index < -0.39 is 0 Å². The summed E-state index contributed by atoms with van der Waals surface area (Å²) < 4.78 is 4.87. The van der Waals surface area contributed by atoms with Crippen molar-refractivity contribution in [2.24, 2.45) is 5.92 Å².